The lowest BCUT2D eigenvalue weighted by atomic mass is 10.0. The van der Waals surface area contributed by atoms with E-state index in [9.17, 15) is 14.4 Å². The molecule has 4 aromatic rings. The summed E-state index contributed by atoms with van der Waals surface area (Å²) in [6, 6.07) is 21.4. The zero-order valence-corrected chi connectivity index (χ0v) is 21.1. The van der Waals surface area contributed by atoms with Crippen molar-refractivity contribution in [3.8, 4) is 11.1 Å². The first kappa shape index (κ1) is 24.6. The Bertz CT molecular complexity index is 1540. The number of nitrogens with one attached hydrogen (secondary N) is 1. The number of carbonyl (C=O) groups is 2. The molecule has 0 unspecified atom stereocenters. The lowest BCUT2D eigenvalue weighted by Gasteiger charge is -2.37. The molecule has 1 saturated heterocycles. The van der Waals surface area contributed by atoms with Crippen molar-refractivity contribution in [3.63, 3.8) is 0 Å². The number of anilines is 2. The standard InChI is InChI=1S/C29H26ClN3O4/c1-2-27(34)33-14-12-32(13-15-33)25-11-10-22(30)18-24(25)31-28(35)21-8-5-7-19(16-21)23-17-20-6-3-4-9-26(20)37-29(23)36/h3-11,16-18H,2,12-15H2,1H3,(H,31,35). The van der Waals surface area contributed by atoms with Gasteiger partial charge in [0.05, 0.1) is 16.9 Å². The van der Waals surface area contributed by atoms with E-state index < -0.39 is 5.63 Å². The van der Waals surface area contributed by atoms with Crippen LogP contribution in [0.25, 0.3) is 22.1 Å². The highest BCUT2D eigenvalue weighted by Gasteiger charge is 2.23. The Labute approximate surface area is 219 Å². The summed E-state index contributed by atoms with van der Waals surface area (Å²) in [4.78, 5) is 42.0. The van der Waals surface area contributed by atoms with Crippen LogP contribution in [0.5, 0.6) is 0 Å². The molecule has 37 heavy (non-hydrogen) atoms. The van der Waals surface area contributed by atoms with E-state index in [1.165, 1.54) is 0 Å². The molecule has 3 aromatic carbocycles. The molecule has 1 fully saturated rings. The molecule has 0 saturated carbocycles. The predicted octanol–water partition coefficient (Wildman–Crippen LogP) is 5.42. The molecular formula is C29H26ClN3O4. The van der Waals surface area contributed by atoms with Crippen LogP contribution in [0.3, 0.4) is 0 Å². The minimum absolute atomic E-state index is 0.143. The van der Waals surface area contributed by atoms with Crippen LogP contribution in [-0.4, -0.2) is 42.9 Å². The number of benzene rings is 3. The van der Waals surface area contributed by atoms with Crippen molar-refractivity contribution < 1.29 is 14.0 Å². The van der Waals surface area contributed by atoms with Gasteiger partial charge in [-0.15, -0.1) is 0 Å². The Morgan fingerprint density at radius 1 is 0.946 bits per heavy atom. The molecule has 0 radical (unpaired) electrons. The van der Waals surface area contributed by atoms with E-state index in [4.69, 9.17) is 16.0 Å². The topological polar surface area (TPSA) is 82.9 Å². The molecule has 1 aromatic heterocycles. The van der Waals surface area contributed by atoms with Crippen molar-refractivity contribution >= 4 is 45.8 Å². The number of amides is 2. The Morgan fingerprint density at radius 3 is 2.51 bits per heavy atom. The van der Waals surface area contributed by atoms with E-state index in [1.807, 2.05) is 36.1 Å². The molecule has 1 N–H and O–H groups in total. The molecule has 0 aliphatic carbocycles. The molecule has 1 aliphatic rings. The first-order chi connectivity index (χ1) is 17.9. The zero-order chi connectivity index (χ0) is 25.9. The van der Waals surface area contributed by atoms with E-state index in [-0.39, 0.29) is 11.8 Å². The average Bonchev–Trinajstić information content (AvgIpc) is 2.92. The molecule has 1 aliphatic heterocycles. The highest BCUT2D eigenvalue weighted by molar-refractivity contribution is 6.31. The van der Waals surface area contributed by atoms with E-state index in [0.29, 0.717) is 65.6 Å². The summed E-state index contributed by atoms with van der Waals surface area (Å²) in [5.41, 5.74) is 2.85. The molecule has 2 amide bonds. The van der Waals surface area contributed by atoms with Gasteiger partial charge in [-0.05, 0) is 48.0 Å². The number of piperazine rings is 1. The van der Waals surface area contributed by atoms with Crippen LogP contribution in [0.1, 0.15) is 23.7 Å². The van der Waals surface area contributed by atoms with Gasteiger partial charge in [-0.2, -0.15) is 0 Å². The molecule has 0 bridgehead atoms. The van der Waals surface area contributed by atoms with Gasteiger partial charge in [0.15, 0.2) is 0 Å². The maximum absolute atomic E-state index is 13.3. The number of carbonyl (C=O) groups excluding carboxylic acids is 2. The van der Waals surface area contributed by atoms with E-state index in [1.54, 1.807) is 48.5 Å². The normalized spacial score (nSPS) is 13.6. The average molecular weight is 516 g/mol. The van der Waals surface area contributed by atoms with E-state index in [2.05, 4.69) is 10.2 Å². The summed E-state index contributed by atoms with van der Waals surface area (Å²) in [5.74, 6) is -0.181. The van der Waals surface area contributed by atoms with Crippen molar-refractivity contribution in [1.82, 2.24) is 4.90 Å². The number of hydrogen-bond acceptors (Lipinski definition) is 5. The molecular weight excluding hydrogens is 490 g/mol. The van der Waals surface area contributed by atoms with Crippen molar-refractivity contribution in [3.05, 3.63) is 93.8 Å². The second kappa shape index (κ2) is 10.5. The van der Waals surface area contributed by atoms with Gasteiger partial charge in [0.1, 0.15) is 5.58 Å². The van der Waals surface area contributed by atoms with E-state index >= 15 is 0 Å². The van der Waals surface area contributed by atoms with Crippen LogP contribution in [0.15, 0.2) is 82.0 Å². The van der Waals surface area contributed by atoms with Crippen molar-refractivity contribution in [1.29, 1.82) is 0 Å². The van der Waals surface area contributed by atoms with Gasteiger partial charge >= 0.3 is 5.63 Å². The summed E-state index contributed by atoms with van der Waals surface area (Å²) < 4.78 is 5.47. The van der Waals surface area contributed by atoms with Gasteiger partial charge in [0.2, 0.25) is 5.91 Å². The molecule has 188 valence electrons. The van der Waals surface area contributed by atoms with Crippen LogP contribution in [-0.2, 0) is 4.79 Å². The lowest BCUT2D eigenvalue weighted by Crippen LogP contribution is -2.48. The number of rotatable bonds is 5. The Hall–Kier alpha value is -4.10. The largest absolute Gasteiger partial charge is 0.422 e. The number of nitrogens with zero attached hydrogens (tertiary/aromatic N) is 2. The lowest BCUT2D eigenvalue weighted by molar-refractivity contribution is -0.131. The molecule has 2 heterocycles. The number of halogens is 1. The summed E-state index contributed by atoms with van der Waals surface area (Å²) in [7, 11) is 0. The third kappa shape index (κ3) is 5.22. The van der Waals surface area contributed by atoms with Crippen LogP contribution >= 0.6 is 11.6 Å². The third-order valence-electron chi connectivity index (χ3n) is 6.56. The van der Waals surface area contributed by atoms with Crippen LogP contribution < -0.4 is 15.8 Å². The second-order valence-corrected chi connectivity index (χ2v) is 9.34. The highest BCUT2D eigenvalue weighted by atomic mass is 35.5. The smallest absolute Gasteiger partial charge is 0.344 e. The quantitative estimate of drug-likeness (QED) is 0.359. The first-order valence-electron chi connectivity index (χ1n) is 12.2. The first-order valence-corrected chi connectivity index (χ1v) is 12.6. The van der Waals surface area contributed by atoms with Crippen molar-refractivity contribution in [2.45, 2.75) is 13.3 Å². The maximum Gasteiger partial charge on any atom is 0.344 e. The summed E-state index contributed by atoms with van der Waals surface area (Å²) >= 11 is 6.27. The van der Waals surface area contributed by atoms with Gasteiger partial charge in [-0.1, -0.05) is 48.9 Å². The Kier molecular flexibility index (Phi) is 6.97. The van der Waals surface area contributed by atoms with Gasteiger partial charge in [0, 0.05) is 48.6 Å². The van der Waals surface area contributed by atoms with Crippen LogP contribution in [0.4, 0.5) is 11.4 Å². The Balaban J connectivity index is 1.39. The monoisotopic (exact) mass is 515 g/mol. The maximum atomic E-state index is 13.3. The van der Waals surface area contributed by atoms with Gasteiger partial charge in [-0.3, -0.25) is 9.59 Å². The molecule has 0 spiro atoms. The second-order valence-electron chi connectivity index (χ2n) is 8.90. The molecule has 7 nitrogen and oxygen atoms in total. The molecule has 8 heteroatoms. The fourth-order valence-electron chi connectivity index (χ4n) is 4.59. The predicted molar refractivity (Wildman–Crippen MR) is 146 cm³/mol. The van der Waals surface area contributed by atoms with Crippen LogP contribution in [0.2, 0.25) is 5.02 Å². The minimum atomic E-state index is -0.464. The van der Waals surface area contributed by atoms with Crippen molar-refractivity contribution in [2.24, 2.45) is 0 Å². The van der Waals surface area contributed by atoms with Crippen LogP contribution in [0, 0.1) is 0 Å². The minimum Gasteiger partial charge on any atom is -0.422 e. The number of fused-ring (bicyclic) bond motifs is 1. The highest BCUT2D eigenvalue weighted by Crippen LogP contribution is 2.31. The fourth-order valence-corrected chi connectivity index (χ4v) is 4.76. The number of para-hydroxylation sites is 1. The summed E-state index contributed by atoms with van der Waals surface area (Å²) in [6.07, 6.45) is 0.489. The van der Waals surface area contributed by atoms with Gasteiger partial charge in [-0.25, -0.2) is 4.79 Å². The molecule has 0 atom stereocenters. The fraction of sp³-hybridized carbons (Fsp3) is 0.207. The Morgan fingerprint density at radius 2 is 1.73 bits per heavy atom. The van der Waals surface area contributed by atoms with Crippen molar-refractivity contribution in [2.75, 3.05) is 36.4 Å². The number of hydrogen-bond donors (Lipinski definition) is 1. The SMILES string of the molecule is CCC(=O)N1CCN(c2ccc(Cl)cc2NC(=O)c2cccc(-c3cc4ccccc4oc3=O)c2)CC1. The summed E-state index contributed by atoms with van der Waals surface area (Å²) in [5, 5.41) is 4.29. The summed E-state index contributed by atoms with van der Waals surface area (Å²) in [6.45, 7) is 4.42. The van der Waals surface area contributed by atoms with Gasteiger partial charge < -0.3 is 19.5 Å². The third-order valence-corrected chi connectivity index (χ3v) is 6.79. The zero-order valence-electron chi connectivity index (χ0n) is 20.4. The molecule has 5 rings (SSSR count). The van der Waals surface area contributed by atoms with Gasteiger partial charge in [0.25, 0.3) is 5.91 Å². The van der Waals surface area contributed by atoms with E-state index in [0.717, 1.165) is 11.1 Å².